The van der Waals surface area contributed by atoms with Crippen LogP contribution in [0.3, 0.4) is 0 Å². The van der Waals surface area contributed by atoms with Crippen LogP contribution in [0.5, 0.6) is 0 Å². The first-order chi connectivity index (χ1) is 7.42. The van der Waals surface area contributed by atoms with Gasteiger partial charge in [-0.1, -0.05) is 13.5 Å². The number of carbonyl (C=O) groups is 1. The normalized spacial score (nSPS) is 48.5. The van der Waals surface area contributed by atoms with Crippen molar-refractivity contribution in [1.82, 2.24) is 0 Å². The molecule has 0 bridgehead atoms. The minimum Gasteiger partial charge on any atom is -0.428 e. The van der Waals surface area contributed by atoms with E-state index in [1.807, 2.05) is 0 Å². The lowest BCUT2D eigenvalue weighted by atomic mass is 9.62. The van der Waals surface area contributed by atoms with E-state index in [0.717, 1.165) is 0 Å². The maximum atomic E-state index is 11.8. The number of hydrogen-bond acceptors (Lipinski definition) is 5. The lowest BCUT2D eigenvalue weighted by Crippen LogP contribution is -2.58. The highest BCUT2D eigenvalue weighted by Gasteiger charge is 2.64. The molecule has 5 nitrogen and oxygen atoms in total. The summed E-state index contributed by atoms with van der Waals surface area (Å²) in [4.78, 5) is 11.8. The van der Waals surface area contributed by atoms with Crippen molar-refractivity contribution in [3.8, 4) is 0 Å². The second-order valence-corrected chi connectivity index (χ2v) is 4.68. The Morgan fingerprint density at radius 2 is 2.00 bits per heavy atom. The van der Waals surface area contributed by atoms with Crippen LogP contribution in [0.2, 0.25) is 0 Å². The molecule has 2 aliphatic rings. The molecule has 1 aliphatic carbocycles. The maximum Gasteiger partial charge on any atom is 0.323 e. The van der Waals surface area contributed by atoms with Crippen LogP contribution in [0.4, 0.5) is 0 Å². The highest BCUT2D eigenvalue weighted by molar-refractivity contribution is 5.83. The highest BCUT2D eigenvalue weighted by atomic mass is 16.6. The van der Waals surface area contributed by atoms with Crippen LogP contribution in [0.1, 0.15) is 19.8 Å². The van der Waals surface area contributed by atoms with Crippen molar-refractivity contribution in [3.63, 3.8) is 0 Å². The molecule has 16 heavy (non-hydrogen) atoms. The Balaban J connectivity index is 2.47. The largest absolute Gasteiger partial charge is 0.428 e. The van der Waals surface area contributed by atoms with Gasteiger partial charge in [-0.05, 0) is 18.8 Å². The molecule has 0 aromatic rings. The summed E-state index contributed by atoms with van der Waals surface area (Å²) in [5.74, 6) is -0.999. The fourth-order valence-electron chi connectivity index (χ4n) is 2.82. The molecule has 2 fully saturated rings. The van der Waals surface area contributed by atoms with Gasteiger partial charge in [-0.15, -0.1) is 0 Å². The summed E-state index contributed by atoms with van der Waals surface area (Å²) in [6.07, 6.45) is -2.60. The van der Waals surface area contributed by atoms with Gasteiger partial charge in [0.1, 0.15) is 17.3 Å². The van der Waals surface area contributed by atoms with E-state index in [2.05, 4.69) is 6.58 Å². The van der Waals surface area contributed by atoms with Gasteiger partial charge in [0.25, 0.3) is 0 Å². The predicted molar refractivity (Wildman–Crippen MR) is 54.1 cm³/mol. The minimum absolute atomic E-state index is 0.0509. The smallest absolute Gasteiger partial charge is 0.323 e. The third-order valence-electron chi connectivity index (χ3n) is 3.90. The molecule has 2 rings (SSSR count). The van der Waals surface area contributed by atoms with Crippen LogP contribution in [-0.4, -0.2) is 39.6 Å². The Hall–Kier alpha value is -0.910. The van der Waals surface area contributed by atoms with Crippen molar-refractivity contribution >= 4 is 5.97 Å². The molecule has 1 saturated heterocycles. The molecule has 5 atom stereocenters. The highest BCUT2D eigenvalue weighted by Crippen LogP contribution is 2.50. The SMILES string of the molecule is C=C1OC(=O)C2(C(C)CCC(O)C2O)C1O. The molecular formula is C11H16O5. The second-order valence-electron chi connectivity index (χ2n) is 4.68. The van der Waals surface area contributed by atoms with E-state index in [1.54, 1.807) is 6.92 Å². The Bertz CT molecular complexity index is 339. The van der Waals surface area contributed by atoms with E-state index in [9.17, 15) is 20.1 Å². The van der Waals surface area contributed by atoms with Crippen molar-refractivity contribution in [1.29, 1.82) is 0 Å². The number of esters is 1. The average molecular weight is 228 g/mol. The van der Waals surface area contributed by atoms with E-state index in [4.69, 9.17) is 4.74 Å². The Kier molecular flexibility index (Phi) is 2.57. The number of hydrogen-bond donors (Lipinski definition) is 3. The molecule has 1 spiro atoms. The molecule has 3 N–H and O–H groups in total. The summed E-state index contributed by atoms with van der Waals surface area (Å²) in [7, 11) is 0. The van der Waals surface area contributed by atoms with Crippen LogP contribution in [-0.2, 0) is 9.53 Å². The van der Waals surface area contributed by atoms with Crippen LogP contribution < -0.4 is 0 Å². The van der Waals surface area contributed by atoms with Crippen LogP contribution in [0.25, 0.3) is 0 Å². The number of aliphatic hydroxyl groups is 3. The number of carbonyl (C=O) groups excluding carboxylic acids is 1. The fraction of sp³-hybridized carbons (Fsp3) is 0.727. The van der Waals surface area contributed by atoms with Crippen LogP contribution in [0, 0.1) is 11.3 Å². The molecule has 1 heterocycles. The van der Waals surface area contributed by atoms with Gasteiger partial charge in [0.05, 0.1) is 12.2 Å². The number of aliphatic hydroxyl groups excluding tert-OH is 3. The molecule has 0 aromatic carbocycles. The van der Waals surface area contributed by atoms with Crippen LogP contribution >= 0.6 is 0 Å². The van der Waals surface area contributed by atoms with Gasteiger partial charge >= 0.3 is 5.97 Å². The van der Waals surface area contributed by atoms with Crippen molar-refractivity contribution in [3.05, 3.63) is 12.3 Å². The van der Waals surface area contributed by atoms with Gasteiger partial charge in [-0.25, -0.2) is 0 Å². The Morgan fingerprint density at radius 3 is 2.50 bits per heavy atom. The monoisotopic (exact) mass is 228 g/mol. The first kappa shape index (κ1) is 11.6. The summed E-state index contributed by atoms with van der Waals surface area (Å²) < 4.78 is 4.80. The van der Waals surface area contributed by atoms with Crippen molar-refractivity contribution < 1.29 is 24.9 Å². The molecule has 5 heteroatoms. The van der Waals surface area contributed by atoms with E-state index in [-0.39, 0.29) is 11.7 Å². The molecule has 0 amide bonds. The van der Waals surface area contributed by atoms with Crippen LogP contribution in [0.15, 0.2) is 12.3 Å². The molecule has 1 saturated carbocycles. The number of ether oxygens (including phenoxy) is 1. The minimum atomic E-state index is -1.45. The summed E-state index contributed by atoms with van der Waals surface area (Å²) in [6, 6.07) is 0. The van der Waals surface area contributed by atoms with Gasteiger partial charge in [0, 0.05) is 0 Å². The zero-order valence-corrected chi connectivity index (χ0v) is 9.09. The Labute approximate surface area is 93.3 Å². The molecular weight excluding hydrogens is 212 g/mol. The second kappa shape index (κ2) is 3.55. The zero-order valence-electron chi connectivity index (χ0n) is 9.09. The summed E-state index contributed by atoms with van der Waals surface area (Å²) in [5, 5.41) is 29.6. The first-order valence-electron chi connectivity index (χ1n) is 5.37. The third-order valence-corrected chi connectivity index (χ3v) is 3.90. The van der Waals surface area contributed by atoms with E-state index in [1.165, 1.54) is 0 Å². The fourth-order valence-corrected chi connectivity index (χ4v) is 2.82. The van der Waals surface area contributed by atoms with Gasteiger partial charge in [-0.2, -0.15) is 0 Å². The lowest BCUT2D eigenvalue weighted by molar-refractivity contribution is -0.179. The van der Waals surface area contributed by atoms with E-state index < -0.39 is 29.7 Å². The predicted octanol–water partition coefficient (Wildman–Crippen LogP) is -0.444. The van der Waals surface area contributed by atoms with Gasteiger partial charge in [-0.3, -0.25) is 4.79 Å². The molecule has 1 aliphatic heterocycles. The average Bonchev–Trinajstić information content (AvgIpc) is 2.45. The van der Waals surface area contributed by atoms with Crippen molar-refractivity contribution in [2.75, 3.05) is 0 Å². The summed E-state index contributed by atoms with van der Waals surface area (Å²) in [5.41, 5.74) is -1.45. The molecule has 5 unspecified atom stereocenters. The number of cyclic esters (lactones) is 1. The van der Waals surface area contributed by atoms with Gasteiger partial charge in [0.15, 0.2) is 0 Å². The van der Waals surface area contributed by atoms with E-state index >= 15 is 0 Å². The standard InChI is InChI=1S/C11H16O5/c1-5-3-4-7(12)9(14)11(5)8(13)6(2)16-10(11)15/h5,7-9,12-14H,2-4H2,1H3. The molecule has 0 radical (unpaired) electrons. The summed E-state index contributed by atoms with van der Waals surface area (Å²) >= 11 is 0. The topological polar surface area (TPSA) is 87.0 Å². The molecule has 90 valence electrons. The quantitative estimate of drug-likeness (QED) is 0.489. The van der Waals surface area contributed by atoms with Crippen molar-refractivity contribution in [2.45, 2.75) is 38.1 Å². The maximum absolute atomic E-state index is 11.8. The molecule has 0 aromatic heterocycles. The summed E-state index contributed by atoms with van der Waals surface area (Å²) in [6.45, 7) is 5.21. The zero-order chi connectivity index (χ0) is 12.1. The van der Waals surface area contributed by atoms with Gasteiger partial charge in [0.2, 0.25) is 0 Å². The number of rotatable bonds is 0. The first-order valence-corrected chi connectivity index (χ1v) is 5.37. The Morgan fingerprint density at radius 1 is 1.38 bits per heavy atom. The third kappa shape index (κ3) is 1.19. The van der Waals surface area contributed by atoms with Crippen molar-refractivity contribution in [2.24, 2.45) is 11.3 Å². The van der Waals surface area contributed by atoms with Gasteiger partial charge < -0.3 is 20.1 Å². The lowest BCUT2D eigenvalue weighted by Gasteiger charge is -2.44. The van der Waals surface area contributed by atoms with E-state index in [0.29, 0.717) is 12.8 Å².